The average Bonchev–Trinajstić information content (AvgIpc) is 3.59. The van der Waals surface area contributed by atoms with Crippen LogP contribution in [0.15, 0.2) is 122 Å². The summed E-state index contributed by atoms with van der Waals surface area (Å²) in [6.45, 7) is 4.24. The van der Waals surface area contributed by atoms with E-state index in [0.29, 0.717) is 24.8 Å². The molecule has 0 aliphatic carbocycles. The van der Waals surface area contributed by atoms with Gasteiger partial charge in [-0.15, -0.1) is 0 Å². The van der Waals surface area contributed by atoms with Crippen LogP contribution < -0.4 is 14.5 Å². The third kappa shape index (κ3) is 13.7. The molecular formula is C46H57FN6O3. The Kier molecular flexibility index (Phi) is 17.4. The van der Waals surface area contributed by atoms with Crippen molar-refractivity contribution in [2.24, 2.45) is 0 Å². The normalized spacial score (nSPS) is 14.1. The molecule has 10 heteroatoms. The van der Waals surface area contributed by atoms with Crippen molar-refractivity contribution in [3.8, 4) is 5.88 Å². The van der Waals surface area contributed by atoms with Crippen LogP contribution in [0.3, 0.4) is 0 Å². The third-order valence-electron chi connectivity index (χ3n) is 9.67. The maximum atomic E-state index is 13.6. The van der Waals surface area contributed by atoms with Crippen LogP contribution in [0.2, 0.25) is 0 Å². The minimum atomic E-state index is -0.294. The highest BCUT2D eigenvalue weighted by molar-refractivity contribution is 5.79. The van der Waals surface area contributed by atoms with Crippen LogP contribution in [0.5, 0.6) is 5.88 Å². The fraction of sp³-hybridized carbons (Fsp3) is 0.391. The number of imidazole rings is 1. The third-order valence-corrected chi connectivity index (χ3v) is 9.67. The number of aromatic nitrogens is 4. The van der Waals surface area contributed by atoms with Crippen LogP contribution in [0.4, 0.5) is 16.3 Å². The molecule has 56 heavy (non-hydrogen) atoms. The number of hydrogen-bond donors (Lipinski definition) is 0. The molecular weight excluding hydrogens is 704 g/mol. The topological polar surface area (TPSA) is 85.6 Å². The fourth-order valence-electron chi connectivity index (χ4n) is 6.51. The molecule has 1 fully saturated rings. The Morgan fingerprint density at radius 1 is 0.839 bits per heavy atom. The zero-order chi connectivity index (χ0) is 39.2. The van der Waals surface area contributed by atoms with E-state index in [4.69, 9.17) is 14.5 Å². The van der Waals surface area contributed by atoms with Gasteiger partial charge in [-0.05, 0) is 87.6 Å². The van der Waals surface area contributed by atoms with Gasteiger partial charge in [0.2, 0.25) is 24.6 Å². The summed E-state index contributed by atoms with van der Waals surface area (Å²) in [6.07, 6.45) is 33.4. The molecule has 0 N–H and O–H groups in total. The fourth-order valence-corrected chi connectivity index (χ4v) is 6.51. The van der Waals surface area contributed by atoms with Gasteiger partial charge in [0.15, 0.2) is 0 Å². The van der Waals surface area contributed by atoms with Crippen molar-refractivity contribution >= 4 is 28.9 Å². The highest BCUT2D eigenvalue weighted by Crippen LogP contribution is 2.28. The number of fused-ring (bicyclic) bond motifs is 1. The van der Waals surface area contributed by atoms with Crippen LogP contribution in [0.25, 0.3) is 11.0 Å². The van der Waals surface area contributed by atoms with Crippen molar-refractivity contribution in [2.45, 2.75) is 90.1 Å². The van der Waals surface area contributed by atoms with Gasteiger partial charge in [0, 0.05) is 44.9 Å². The highest BCUT2D eigenvalue weighted by atomic mass is 19.1. The lowest BCUT2D eigenvalue weighted by Crippen LogP contribution is -2.44. The molecule has 4 aromatic rings. The number of nitrogens with zero attached hydrogens (tertiary/aromatic N) is 6. The van der Waals surface area contributed by atoms with Crippen molar-refractivity contribution in [2.75, 3.05) is 36.7 Å². The number of piperidine rings is 1. The number of para-hydroxylation sites is 2. The predicted octanol–water partition coefficient (Wildman–Crippen LogP) is 10.3. The number of anilines is 2. The minimum Gasteiger partial charge on any atom is -0.440 e. The van der Waals surface area contributed by atoms with Crippen molar-refractivity contribution < 1.29 is 18.7 Å². The molecule has 296 valence electrons. The molecule has 0 amide bonds. The number of halogens is 1. The van der Waals surface area contributed by atoms with E-state index in [1.165, 1.54) is 18.6 Å². The zero-order valence-electron chi connectivity index (χ0n) is 33.0. The van der Waals surface area contributed by atoms with Gasteiger partial charge >= 0.3 is 5.97 Å². The van der Waals surface area contributed by atoms with E-state index in [1.54, 1.807) is 12.3 Å². The number of allylic oxidation sites excluding steroid dienone is 10. The smallest absolute Gasteiger partial charge is 0.308 e. The number of carbonyl (C=O) groups is 1. The van der Waals surface area contributed by atoms with Crippen molar-refractivity contribution in [1.82, 2.24) is 19.5 Å². The second-order valence-electron chi connectivity index (χ2n) is 13.9. The first kappa shape index (κ1) is 41.6. The first-order chi connectivity index (χ1) is 27.5. The second kappa shape index (κ2) is 23.4. The van der Waals surface area contributed by atoms with Crippen LogP contribution in [-0.2, 0) is 16.1 Å². The predicted molar refractivity (Wildman–Crippen MR) is 225 cm³/mol. The van der Waals surface area contributed by atoms with E-state index in [9.17, 15) is 9.18 Å². The first-order valence-electron chi connectivity index (χ1n) is 20.1. The monoisotopic (exact) mass is 760 g/mol. The van der Waals surface area contributed by atoms with E-state index in [2.05, 4.69) is 98.1 Å². The highest BCUT2D eigenvalue weighted by Gasteiger charge is 2.27. The number of unbranched alkanes of at least 4 members (excludes halogenated alkanes) is 2. The van der Waals surface area contributed by atoms with Gasteiger partial charge in [-0.1, -0.05) is 98.4 Å². The lowest BCUT2D eigenvalue weighted by molar-refractivity contribution is -0.150. The zero-order valence-corrected chi connectivity index (χ0v) is 33.0. The van der Waals surface area contributed by atoms with Gasteiger partial charge < -0.3 is 23.8 Å². The van der Waals surface area contributed by atoms with Crippen LogP contribution in [0, 0.1) is 5.82 Å². The van der Waals surface area contributed by atoms with Crippen LogP contribution in [-0.4, -0.2) is 58.5 Å². The molecule has 0 spiro atoms. The number of hydrogen-bond acceptors (Lipinski definition) is 8. The van der Waals surface area contributed by atoms with Gasteiger partial charge in [-0.3, -0.25) is 4.79 Å². The van der Waals surface area contributed by atoms with Gasteiger partial charge in [0.25, 0.3) is 0 Å². The number of ether oxygens (including phenoxy) is 2. The summed E-state index contributed by atoms with van der Waals surface area (Å²) < 4.78 is 26.8. The number of benzene rings is 2. The van der Waals surface area contributed by atoms with Gasteiger partial charge in [0.1, 0.15) is 5.82 Å². The van der Waals surface area contributed by atoms with E-state index >= 15 is 0 Å². The molecule has 2 aromatic heterocycles. The summed E-state index contributed by atoms with van der Waals surface area (Å²) in [5.74, 6) is 1.30. The van der Waals surface area contributed by atoms with E-state index < -0.39 is 0 Å². The Morgan fingerprint density at radius 2 is 1.48 bits per heavy atom. The molecule has 0 atom stereocenters. The van der Waals surface area contributed by atoms with Crippen LogP contribution in [0.1, 0.15) is 83.1 Å². The van der Waals surface area contributed by atoms with Gasteiger partial charge in [0.05, 0.1) is 17.6 Å². The SMILES string of the molecule is CCCC=CCC=CCC=CCC=CCC=CCCCC(=O)OCOc1ccnc(N(C)C2CCN(c3nc4ccccc4n3Cc3ccc(F)cc3)CC2)n1. The largest absolute Gasteiger partial charge is 0.440 e. The molecule has 0 saturated carbocycles. The lowest BCUT2D eigenvalue weighted by Gasteiger charge is -2.37. The Morgan fingerprint density at radius 3 is 2.16 bits per heavy atom. The Balaban J connectivity index is 0.967. The van der Waals surface area contributed by atoms with Crippen LogP contribution >= 0.6 is 0 Å². The molecule has 0 bridgehead atoms. The van der Waals surface area contributed by atoms with E-state index in [1.807, 2.05) is 37.4 Å². The molecule has 1 aliphatic rings. The molecule has 3 heterocycles. The summed E-state index contributed by atoms with van der Waals surface area (Å²) in [6, 6.07) is 16.7. The molecule has 0 radical (unpaired) electrons. The summed E-state index contributed by atoms with van der Waals surface area (Å²) in [7, 11) is 2.00. The van der Waals surface area contributed by atoms with Crippen molar-refractivity contribution in [3.63, 3.8) is 0 Å². The van der Waals surface area contributed by atoms with E-state index in [-0.39, 0.29) is 24.6 Å². The molecule has 1 saturated heterocycles. The maximum Gasteiger partial charge on any atom is 0.308 e. The summed E-state index contributed by atoms with van der Waals surface area (Å²) >= 11 is 0. The van der Waals surface area contributed by atoms with Gasteiger partial charge in [-0.25, -0.2) is 14.4 Å². The summed E-state index contributed by atoms with van der Waals surface area (Å²) in [4.78, 5) is 30.8. The average molecular weight is 761 g/mol. The summed E-state index contributed by atoms with van der Waals surface area (Å²) in [5.41, 5.74) is 3.02. The van der Waals surface area contributed by atoms with Gasteiger partial charge in [-0.2, -0.15) is 4.98 Å². The standard InChI is InChI=1S/C46H57FN6O3/c1-3-4-5-6-7-8-9-10-11-12-13-14-15-16-17-18-19-20-25-44(54)56-37-55-43-30-33-48-45(50-43)51(2)40-31-34-52(35-32-40)46-49-41-23-21-22-24-42(41)53(46)36-38-26-28-39(47)29-27-38/h5-6,8-9,11-12,14-15,17-18,21-24,26-30,33,40H,3-4,7,10,13,16,19-20,25,31-32,34-37H2,1-2H3. The first-order valence-corrected chi connectivity index (χ1v) is 20.1. The molecule has 2 aromatic carbocycles. The molecule has 9 nitrogen and oxygen atoms in total. The van der Waals surface area contributed by atoms with E-state index in [0.717, 1.165) is 93.4 Å². The molecule has 1 aliphatic heterocycles. The number of esters is 1. The Labute approximate surface area is 332 Å². The Hall–Kier alpha value is -5.51. The number of rotatable bonds is 22. The van der Waals surface area contributed by atoms with Crippen molar-refractivity contribution in [1.29, 1.82) is 0 Å². The quantitative estimate of drug-likeness (QED) is 0.0339. The summed E-state index contributed by atoms with van der Waals surface area (Å²) in [5, 5.41) is 0. The maximum absolute atomic E-state index is 13.6. The Bertz CT molecular complexity index is 1920. The second-order valence-corrected chi connectivity index (χ2v) is 13.9. The molecule has 0 unspecified atom stereocenters. The minimum absolute atomic E-state index is 0.196. The lowest BCUT2D eigenvalue weighted by atomic mass is 10.0. The van der Waals surface area contributed by atoms with Crippen molar-refractivity contribution in [3.05, 3.63) is 133 Å². The molecule has 5 rings (SSSR count). The number of carbonyl (C=O) groups excluding carboxylic acids is 1.